The Kier molecular flexibility index (Phi) is 6.32. The molecule has 8 heteroatoms. The third-order valence-corrected chi connectivity index (χ3v) is 4.06. The van der Waals surface area contributed by atoms with Gasteiger partial charge in [0.05, 0.1) is 6.54 Å². The average molecular weight is 350 g/mol. The van der Waals surface area contributed by atoms with E-state index in [2.05, 4.69) is 10.6 Å². The molecule has 1 fully saturated rings. The highest BCUT2D eigenvalue weighted by Crippen LogP contribution is 2.11. The number of benzene rings is 1. The summed E-state index contributed by atoms with van der Waals surface area (Å²) in [6, 6.07) is 5.02. The Hall–Kier alpha value is -2.64. The average Bonchev–Trinajstić information content (AvgIpc) is 2.58. The van der Waals surface area contributed by atoms with Crippen molar-refractivity contribution in [2.75, 3.05) is 31.5 Å². The van der Waals surface area contributed by atoms with Crippen molar-refractivity contribution in [2.45, 2.75) is 26.3 Å². The van der Waals surface area contributed by atoms with Crippen LogP contribution in [0.3, 0.4) is 0 Å². The molecular weight excluding hydrogens is 327 g/mol. The van der Waals surface area contributed by atoms with Gasteiger partial charge in [-0.05, 0) is 37.6 Å². The van der Waals surface area contributed by atoms with Gasteiger partial charge >= 0.3 is 6.03 Å². The summed E-state index contributed by atoms with van der Waals surface area (Å²) in [5, 5.41) is 5.43. The molecule has 0 unspecified atom stereocenters. The lowest BCUT2D eigenvalue weighted by atomic mass is 10.2. The first kappa shape index (κ1) is 18.7. The number of piperazine rings is 1. The number of rotatable bonds is 5. The standard InChI is InChI=1S/C17H23FN4O3/c1-3-12(2)19-15(23)10-21-8-9-22(11-16(21)24)17(25)20-14-6-4-13(18)5-7-14/h4-7,12H,3,8-11H2,1-2H3,(H,19,23)(H,20,25)/t12-/m0/s1. The molecule has 0 bridgehead atoms. The minimum atomic E-state index is -0.427. The Bertz CT molecular complexity index is 635. The van der Waals surface area contributed by atoms with Crippen LogP contribution in [0.5, 0.6) is 0 Å². The van der Waals surface area contributed by atoms with Crippen molar-refractivity contribution in [1.82, 2.24) is 15.1 Å². The summed E-state index contributed by atoms with van der Waals surface area (Å²) in [5.41, 5.74) is 0.453. The number of hydrogen-bond acceptors (Lipinski definition) is 3. The van der Waals surface area contributed by atoms with Crippen LogP contribution in [-0.2, 0) is 9.59 Å². The topological polar surface area (TPSA) is 81.8 Å². The van der Waals surface area contributed by atoms with E-state index in [1.807, 2.05) is 13.8 Å². The molecule has 0 saturated carbocycles. The summed E-state index contributed by atoms with van der Waals surface area (Å²) in [6.45, 7) is 4.39. The van der Waals surface area contributed by atoms with Crippen molar-refractivity contribution in [3.8, 4) is 0 Å². The smallest absolute Gasteiger partial charge is 0.322 e. The van der Waals surface area contributed by atoms with Crippen LogP contribution in [0.4, 0.5) is 14.9 Å². The van der Waals surface area contributed by atoms with Gasteiger partial charge in [-0.1, -0.05) is 6.92 Å². The Morgan fingerprint density at radius 1 is 1.24 bits per heavy atom. The maximum absolute atomic E-state index is 12.9. The summed E-state index contributed by atoms with van der Waals surface area (Å²) in [5.74, 6) is -0.871. The Morgan fingerprint density at radius 3 is 2.52 bits per heavy atom. The second kappa shape index (κ2) is 8.46. The van der Waals surface area contributed by atoms with E-state index in [0.29, 0.717) is 18.8 Å². The first-order valence-corrected chi connectivity index (χ1v) is 8.27. The number of nitrogens with zero attached hydrogens (tertiary/aromatic N) is 2. The predicted molar refractivity (Wildman–Crippen MR) is 91.5 cm³/mol. The molecule has 1 aliphatic rings. The molecule has 1 aromatic rings. The van der Waals surface area contributed by atoms with Gasteiger partial charge in [-0.15, -0.1) is 0 Å². The molecule has 0 aliphatic carbocycles. The molecule has 0 spiro atoms. The lowest BCUT2D eigenvalue weighted by molar-refractivity contribution is -0.139. The molecule has 7 nitrogen and oxygen atoms in total. The van der Waals surface area contributed by atoms with Crippen LogP contribution < -0.4 is 10.6 Å². The summed E-state index contributed by atoms with van der Waals surface area (Å²) in [4.78, 5) is 39.0. The summed E-state index contributed by atoms with van der Waals surface area (Å²) in [6.07, 6.45) is 0.816. The monoisotopic (exact) mass is 350 g/mol. The second-order valence-electron chi connectivity index (χ2n) is 6.05. The zero-order chi connectivity index (χ0) is 18.4. The minimum Gasteiger partial charge on any atom is -0.352 e. The van der Waals surface area contributed by atoms with Gasteiger partial charge in [0.25, 0.3) is 0 Å². The van der Waals surface area contributed by atoms with Crippen molar-refractivity contribution < 1.29 is 18.8 Å². The number of anilines is 1. The van der Waals surface area contributed by atoms with E-state index in [1.165, 1.54) is 34.1 Å². The maximum Gasteiger partial charge on any atom is 0.322 e. The fraction of sp³-hybridized carbons (Fsp3) is 0.471. The summed E-state index contributed by atoms with van der Waals surface area (Å²) < 4.78 is 12.9. The van der Waals surface area contributed by atoms with Crippen LogP contribution in [0, 0.1) is 5.82 Å². The minimum absolute atomic E-state index is 0.00338. The van der Waals surface area contributed by atoms with Gasteiger partial charge in [-0.3, -0.25) is 9.59 Å². The van der Waals surface area contributed by atoms with Crippen molar-refractivity contribution >= 4 is 23.5 Å². The van der Waals surface area contributed by atoms with Crippen LogP contribution in [0.2, 0.25) is 0 Å². The van der Waals surface area contributed by atoms with E-state index in [1.54, 1.807) is 0 Å². The van der Waals surface area contributed by atoms with Gasteiger partial charge in [0.15, 0.2) is 0 Å². The normalized spacial score (nSPS) is 15.7. The van der Waals surface area contributed by atoms with Gasteiger partial charge in [0.2, 0.25) is 11.8 Å². The SMILES string of the molecule is CC[C@H](C)NC(=O)CN1CCN(C(=O)Nc2ccc(F)cc2)CC1=O. The highest BCUT2D eigenvalue weighted by molar-refractivity contribution is 5.94. The van der Waals surface area contributed by atoms with E-state index in [9.17, 15) is 18.8 Å². The van der Waals surface area contributed by atoms with E-state index < -0.39 is 11.8 Å². The molecule has 1 aliphatic heterocycles. The molecule has 1 atom stereocenters. The molecule has 1 saturated heterocycles. The summed E-state index contributed by atoms with van der Waals surface area (Å²) in [7, 11) is 0. The van der Waals surface area contributed by atoms with Gasteiger partial charge in [-0.25, -0.2) is 9.18 Å². The predicted octanol–water partition coefficient (Wildman–Crippen LogP) is 1.42. The zero-order valence-electron chi connectivity index (χ0n) is 14.4. The van der Waals surface area contributed by atoms with Gasteiger partial charge in [-0.2, -0.15) is 0 Å². The van der Waals surface area contributed by atoms with Crippen LogP contribution in [0.25, 0.3) is 0 Å². The molecule has 0 radical (unpaired) electrons. The largest absolute Gasteiger partial charge is 0.352 e. The highest BCUT2D eigenvalue weighted by atomic mass is 19.1. The second-order valence-corrected chi connectivity index (χ2v) is 6.05. The van der Waals surface area contributed by atoms with Crippen LogP contribution in [0.15, 0.2) is 24.3 Å². The van der Waals surface area contributed by atoms with E-state index in [-0.39, 0.29) is 30.9 Å². The molecule has 136 valence electrons. The lowest BCUT2D eigenvalue weighted by Gasteiger charge is -2.34. The highest BCUT2D eigenvalue weighted by Gasteiger charge is 2.28. The van der Waals surface area contributed by atoms with Crippen LogP contribution in [-0.4, -0.2) is 59.9 Å². The number of carbonyl (C=O) groups excluding carboxylic acids is 3. The Labute approximate surface area is 146 Å². The molecule has 1 aromatic carbocycles. The molecule has 0 aromatic heterocycles. The van der Waals surface area contributed by atoms with E-state index >= 15 is 0 Å². The van der Waals surface area contributed by atoms with Gasteiger partial charge in [0.1, 0.15) is 12.4 Å². The van der Waals surface area contributed by atoms with Crippen LogP contribution in [0.1, 0.15) is 20.3 Å². The first-order chi connectivity index (χ1) is 11.9. The fourth-order valence-corrected chi connectivity index (χ4v) is 2.38. The van der Waals surface area contributed by atoms with Crippen molar-refractivity contribution in [2.24, 2.45) is 0 Å². The third-order valence-electron chi connectivity index (χ3n) is 4.06. The van der Waals surface area contributed by atoms with E-state index in [4.69, 9.17) is 0 Å². The van der Waals surface area contributed by atoms with Crippen molar-refractivity contribution in [3.63, 3.8) is 0 Å². The zero-order valence-corrected chi connectivity index (χ0v) is 14.4. The maximum atomic E-state index is 12.9. The van der Waals surface area contributed by atoms with E-state index in [0.717, 1.165) is 6.42 Å². The number of urea groups is 1. The van der Waals surface area contributed by atoms with Gasteiger partial charge in [0, 0.05) is 24.8 Å². The Morgan fingerprint density at radius 2 is 1.92 bits per heavy atom. The van der Waals surface area contributed by atoms with Gasteiger partial charge < -0.3 is 20.4 Å². The number of amides is 4. The number of halogens is 1. The van der Waals surface area contributed by atoms with Crippen molar-refractivity contribution in [3.05, 3.63) is 30.1 Å². The lowest BCUT2D eigenvalue weighted by Crippen LogP contribution is -2.55. The summed E-state index contributed by atoms with van der Waals surface area (Å²) >= 11 is 0. The number of hydrogen-bond donors (Lipinski definition) is 2. The number of nitrogens with one attached hydrogen (secondary N) is 2. The number of carbonyl (C=O) groups is 3. The molecule has 2 rings (SSSR count). The third kappa shape index (κ3) is 5.44. The molecule has 1 heterocycles. The first-order valence-electron chi connectivity index (χ1n) is 8.27. The molecule has 4 amide bonds. The van der Waals surface area contributed by atoms with Crippen molar-refractivity contribution in [1.29, 1.82) is 0 Å². The fourth-order valence-electron chi connectivity index (χ4n) is 2.38. The molecular formula is C17H23FN4O3. The quantitative estimate of drug-likeness (QED) is 0.843. The van der Waals surface area contributed by atoms with Crippen LogP contribution >= 0.6 is 0 Å². The molecule has 25 heavy (non-hydrogen) atoms. The molecule has 2 N–H and O–H groups in total. The Balaban J connectivity index is 1.84.